The highest BCUT2D eigenvalue weighted by Crippen LogP contribution is 2.37. The number of aromatic amines is 1. The number of hydrogen-bond acceptors (Lipinski definition) is 3. The van der Waals surface area contributed by atoms with E-state index in [1.165, 1.54) is 0 Å². The van der Waals surface area contributed by atoms with Gasteiger partial charge in [0.1, 0.15) is 0 Å². The van der Waals surface area contributed by atoms with Crippen molar-refractivity contribution in [3.8, 4) is 0 Å². The molecule has 0 aliphatic heterocycles. The van der Waals surface area contributed by atoms with Gasteiger partial charge in [-0.05, 0) is 30.9 Å². The van der Waals surface area contributed by atoms with Gasteiger partial charge in [0, 0.05) is 16.8 Å². The highest BCUT2D eigenvalue weighted by molar-refractivity contribution is 6.05. The smallest absolute Gasteiger partial charge is 0.306 e. The summed E-state index contributed by atoms with van der Waals surface area (Å²) in [4.78, 5) is 27.9. The number of H-pyrrole nitrogens is 1. The summed E-state index contributed by atoms with van der Waals surface area (Å²) in [6, 6.07) is 7.99. The van der Waals surface area contributed by atoms with Crippen molar-refractivity contribution in [2.24, 2.45) is 11.8 Å². The zero-order valence-electron chi connectivity index (χ0n) is 13.0. The lowest BCUT2D eigenvalue weighted by atomic mass is 9.74. The zero-order chi connectivity index (χ0) is 15.7. The number of carbonyl (C=O) groups excluding carboxylic acids is 2. The van der Waals surface area contributed by atoms with Gasteiger partial charge in [0.25, 0.3) is 0 Å². The lowest BCUT2D eigenvalue weighted by Gasteiger charge is -2.29. The molecule has 0 bridgehead atoms. The molecule has 2 atom stereocenters. The molecule has 4 nitrogen and oxygen atoms in total. The normalized spacial score (nSPS) is 20.9. The molecule has 0 spiro atoms. The number of benzene rings is 1. The highest BCUT2D eigenvalue weighted by Gasteiger charge is 2.38. The largest absolute Gasteiger partial charge is 0.466 e. The Hall–Kier alpha value is -2.10. The Kier molecular flexibility index (Phi) is 4.01. The molecule has 1 aromatic heterocycles. The van der Waals surface area contributed by atoms with Crippen LogP contribution in [0.25, 0.3) is 10.9 Å². The van der Waals surface area contributed by atoms with Gasteiger partial charge in [-0.3, -0.25) is 9.59 Å². The van der Waals surface area contributed by atoms with Crippen molar-refractivity contribution in [1.29, 1.82) is 0 Å². The van der Waals surface area contributed by atoms with Gasteiger partial charge in [-0.1, -0.05) is 31.5 Å². The number of nitrogens with one attached hydrogen (secondary N) is 1. The number of ether oxygens (including phenoxy) is 1. The Morgan fingerprint density at radius 2 is 2.09 bits per heavy atom. The lowest BCUT2D eigenvalue weighted by molar-refractivity contribution is -0.144. The van der Waals surface area contributed by atoms with Crippen molar-refractivity contribution < 1.29 is 14.3 Å². The van der Waals surface area contributed by atoms with Crippen LogP contribution in [-0.2, 0) is 16.0 Å². The van der Waals surface area contributed by atoms with Crippen LogP contribution < -0.4 is 0 Å². The van der Waals surface area contributed by atoms with Crippen molar-refractivity contribution >= 4 is 22.7 Å². The summed E-state index contributed by atoms with van der Waals surface area (Å²) in [7, 11) is 0. The summed E-state index contributed by atoms with van der Waals surface area (Å²) in [5.41, 5.74) is 2.78. The lowest BCUT2D eigenvalue weighted by Crippen LogP contribution is -2.33. The Morgan fingerprint density at radius 1 is 1.32 bits per heavy atom. The topological polar surface area (TPSA) is 59.2 Å². The van der Waals surface area contributed by atoms with Crippen LogP contribution in [0.5, 0.6) is 0 Å². The number of ketones is 1. The van der Waals surface area contributed by atoms with E-state index in [-0.39, 0.29) is 30.0 Å². The highest BCUT2D eigenvalue weighted by atomic mass is 16.5. The standard InChI is InChI=1S/C18H21NO3/c1-3-11-9-14-12-7-5-6-8-15(12)19-17(14)18(21)13(11)10-16(20)22-4-2/h5-8,11,13,19H,3-4,9-10H2,1-2H3. The Labute approximate surface area is 129 Å². The molecule has 0 saturated heterocycles. The van der Waals surface area contributed by atoms with Gasteiger partial charge in [0.2, 0.25) is 0 Å². The number of carbonyl (C=O) groups is 2. The van der Waals surface area contributed by atoms with Crippen LogP contribution in [0.3, 0.4) is 0 Å². The third kappa shape index (κ3) is 2.43. The molecule has 1 N–H and O–H groups in total. The molecule has 0 fully saturated rings. The first kappa shape index (κ1) is 14.8. The van der Waals surface area contributed by atoms with E-state index >= 15 is 0 Å². The molecule has 2 aromatic rings. The second-order valence-corrected chi connectivity index (χ2v) is 5.88. The fourth-order valence-corrected chi connectivity index (χ4v) is 3.51. The van der Waals surface area contributed by atoms with E-state index in [4.69, 9.17) is 4.74 Å². The molecule has 1 aromatic carbocycles. The number of hydrogen-bond donors (Lipinski definition) is 1. The molecule has 1 aliphatic rings. The fourth-order valence-electron chi connectivity index (χ4n) is 3.51. The van der Waals surface area contributed by atoms with Crippen LogP contribution >= 0.6 is 0 Å². The quantitative estimate of drug-likeness (QED) is 0.879. The van der Waals surface area contributed by atoms with E-state index in [1.54, 1.807) is 6.92 Å². The van der Waals surface area contributed by atoms with Crippen LogP contribution in [0.4, 0.5) is 0 Å². The maximum atomic E-state index is 12.9. The number of aromatic nitrogens is 1. The van der Waals surface area contributed by atoms with Crippen molar-refractivity contribution in [2.45, 2.75) is 33.1 Å². The van der Waals surface area contributed by atoms with Crippen LogP contribution in [0.1, 0.15) is 42.7 Å². The van der Waals surface area contributed by atoms with Crippen LogP contribution in [0.15, 0.2) is 24.3 Å². The molecule has 0 amide bonds. The summed E-state index contributed by atoms with van der Waals surface area (Å²) in [5.74, 6) is -0.301. The molecule has 3 rings (SSSR count). The number of rotatable bonds is 4. The molecule has 22 heavy (non-hydrogen) atoms. The summed E-state index contributed by atoms with van der Waals surface area (Å²) in [6.45, 7) is 4.22. The number of para-hydroxylation sites is 1. The van der Waals surface area contributed by atoms with Crippen LogP contribution in [-0.4, -0.2) is 23.3 Å². The first-order valence-corrected chi connectivity index (χ1v) is 7.95. The Bertz CT molecular complexity index is 716. The van der Waals surface area contributed by atoms with Gasteiger partial charge in [-0.15, -0.1) is 0 Å². The second kappa shape index (κ2) is 5.95. The van der Waals surface area contributed by atoms with Crippen molar-refractivity contribution in [3.63, 3.8) is 0 Å². The number of fused-ring (bicyclic) bond motifs is 3. The molecule has 1 heterocycles. The predicted molar refractivity (Wildman–Crippen MR) is 84.9 cm³/mol. The molecule has 4 heteroatoms. The minimum atomic E-state index is -0.279. The molecule has 1 aliphatic carbocycles. The molecular formula is C18H21NO3. The minimum absolute atomic E-state index is 0.0531. The molecule has 116 valence electrons. The SMILES string of the molecule is CCOC(=O)CC1C(=O)c2[nH]c3ccccc3c2CC1CC. The second-order valence-electron chi connectivity index (χ2n) is 5.88. The average molecular weight is 299 g/mol. The number of esters is 1. The summed E-state index contributed by atoms with van der Waals surface area (Å²) in [6.07, 6.45) is 1.90. The zero-order valence-corrected chi connectivity index (χ0v) is 13.0. The fraction of sp³-hybridized carbons (Fsp3) is 0.444. The van der Waals surface area contributed by atoms with E-state index < -0.39 is 0 Å². The summed E-state index contributed by atoms with van der Waals surface area (Å²) >= 11 is 0. The van der Waals surface area contributed by atoms with Gasteiger partial charge in [-0.25, -0.2) is 0 Å². The predicted octanol–water partition coefficient (Wildman–Crippen LogP) is 3.50. The van der Waals surface area contributed by atoms with Gasteiger partial charge >= 0.3 is 5.97 Å². The first-order chi connectivity index (χ1) is 10.7. The average Bonchev–Trinajstić information content (AvgIpc) is 2.89. The van der Waals surface area contributed by atoms with Crippen molar-refractivity contribution in [2.75, 3.05) is 6.61 Å². The van der Waals surface area contributed by atoms with Crippen LogP contribution in [0, 0.1) is 11.8 Å². The van der Waals surface area contributed by atoms with Crippen LogP contribution in [0.2, 0.25) is 0 Å². The molecule has 2 unspecified atom stereocenters. The third-order valence-corrected chi connectivity index (χ3v) is 4.65. The Morgan fingerprint density at radius 3 is 2.82 bits per heavy atom. The van der Waals surface area contributed by atoms with E-state index in [2.05, 4.69) is 18.0 Å². The van der Waals surface area contributed by atoms with Gasteiger partial charge < -0.3 is 9.72 Å². The van der Waals surface area contributed by atoms with Crippen molar-refractivity contribution in [3.05, 3.63) is 35.5 Å². The maximum absolute atomic E-state index is 12.9. The van der Waals surface area contributed by atoms with E-state index in [1.807, 2.05) is 18.2 Å². The van der Waals surface area contributed by atoms with Crippen molar-refractivity contribution in [1.82, 2.24) is 4.98 Å². The summed E-state index contributed by atoms with van der Waals surface area (Å²) in [5, 5.41) is 1.12. The van der Waals surface area contributed by atoms with Gasteiger partial charge in [0.05, 0.1) is 18.7 Å². The molecule has 0 radical (unpaired) electrons. The molecule has 0 saturated carbocycles. The molecular weight excluding hydrogens is 278 g/mol. The monoisotopic (exact) mass is 299 g/mol. The number of Topliss-reactive ketones (excluding diaryl/α,β-unsaturated/α-hetero) is 1. The van der Waals surface area contributed by atoms with Gasteiger partial charge in [-0.2, -0.15) is 0 Å². The summed E-state index contributed by atoms with van der Waals surface area (Å²) < 4.78 is 5.03. The van der Waals surface area contributed by atoms with Gasteiger partial charge in [0.15, 0.2) is 5.78 Å². The Balaban J connectivity index is 1.98. The van der Waals surface area contributed by atoms with E-state index in [9.17, 15) is 9.59 Å². The minimum Gasteiger partial charge on any atom is -0.466 e. The van der Waals surface area contributed by atoms with E-state index in [0.717, 1.165) is 29.3 Å². The van der Waals surface area contributed by atoms with E-state index in [0.29, 0.717) is 12.3 Å². The maximum Gasteiger partial charge on any atom is 0.306 e. The third-order valence-electron chi connectivity index (χ3n) is 4.65. The first-order valence-electron chi connectivity index (χ1n) is 7.95.